The Labute approximate surface area is 144 Å². The van der Waals surface area contributed by atoms with Gasteiger partial charge in [-0.1, -0.05) is 60.7 Å². The first kappa shape index (κ1) is 16.7. The van der Waals surface area contributed by atoms with Crippen LogP contribution in [0.2, 0.25) is 0 Å². The van der Waals surface area contributed by atoms with E-state index in [4.69, 9.17) is 4.74 Å². The van der Waals surface area contributed by atoms with Crippen molar-refractivity contribution in [2.75, 3.05) is 13.2 Å². The molecule has 2 atom stereocenters. The van der Waals surface area contributed by atoms with Crippen molar-refractivity contribution in [2.24, 2.45) is 5.92 Å². The van der Waals surface area contributed by atoms with E-state index in [9.17, 15) is 4.79 Å². The Kier molecular flexibility index (Phi) is 5.65. The van der Waals surface area contributed by atoms with Crippen LogP contribution in [0.1, 0.15) is 36.9 Å². The molecule has 0 radical (unpaired) electrons. The van der Waals surface area contributed by atoms with E-state index in [0.29, 0.717) is 13.2 Å². The lowest BCUT2D eigenvalue weighted by Crippen LogP contribution is -2.44. The Morgan fingerprint density at radius 2 is 1.75 bits per heavy atom. The Bertz CT molecular complexity index is 641. The summed E-state index contributed by atoms with van der Waals surface area (Å²) in [6.45, 7) is 4.02. The van der Waals surface area contributed by atoms with Crippen LogP contribution < -0.4 is 0 Å². The highest BCUT2D eigenvalue weighted by Crippen LogP contribution is 2.28. The number of ether oxygens (including phenoxy) is 1. The molecule has 0 bridgehead atoms. The highest BCUT2D eigenvalue weighted by Gasteiger charge is 2.32. The summed E-state index contributed by atoms with van der Waals surface area (Å²) >= 11 is 0. The lowest BCUT2D eigenvalue weighted by Gasteiger charge is -2.36. The van der Waals surface area contributed by atoms with Crippen LogP contribution in [0.25, 0.3) is 0 Å². The molecule has 2 aromatic carbocycles. The minimum Gasteiger partial charge on any atom is -0.376 e. The van der Waals surface area contributed by atoms with Crippen LogP contribution in [0.3, 0.4) is 0 Å². The van der Waals surface area contributed by atoms with E-state index in [1.807, 2.05) is 53.4 Å². The summed E-state index contributed by atoms with van der Waals surface area (Å²) in [5, 5.41) is 0. The van der Waals surface area contributed by atoms with Crippen molar-refractivity contribution in [1.82, 2.24) is 4.90 Å². The van der Waals surface area contributed by atoms with Crippen molar-refractivity contribution >= 4 is 5.91 Å². The molecule has 3 nitrogen and oxygen atoms in total. The fourth-order valence-electron chi connectivity index (χ4n) is 3.32. The number of likely N-dealkylation sites (tertiary alicyclic amines) is 1. The third-order valence-corrected chi connectivity index (χ3v) is 4.76. The number of carbonyl (C=O) groups excluding carboxylic acids is 1. The number of carbonyl (C=O) groups is 1. The molecule has 1 amide bonds. The summed E-state index contributed by atoms with van der Waals surface area (Å²) in [6.07, 6.45) is 1.97. The van der Waals surface area contributed by atoms with Crippen molar-refractivity contribution in [1.29, 1.82) is 0 Å². The SMILES string of the molecule is C[C@H](c1ccccc1)N1CCC[C@@H](COCc2ccccc2)C1=O. The van der Waals surface area contributed by atoms with Gasteiger partial charge >= 0.3 is 0 Å². The molecule has 0 spiro atoms. The van der Waals surface area contributed by atoms with Gasteiger partial charge in [0.15, 0.2) is 0 Å². The van der Waals surface area contributed by atoms with Crippen molar-refractivity contribution in [3.63, 3.8) is 0 Å². The van der Waals surface area contributed by atoms with E-state index < -0.39 is 0 Å². The van der Waals surface area contributed by atoms with Gasteiger partial charge in [-0.25, -0.2) is 0 Å². The largest absolute Gasteiger partial charge is 0.376 e. The maximum Gasteiger partial charge on any atom is 0.228 e. The molecule has 24 heavy (non-hydrogen) atoms. The van der Waals surface area contributed by atoms with E-state index in [1.54, 1.807) is 0 Å². The van der Waals surface area contributed by atoms with Gasteiger partial charge in [-0.05, 0) is 30.9 Å². The van der Waals surface area contributed by atoms with Crippen molar-refractivity contribution in [2.45, 2.75) is 32.4 Å². The number of benzene rings is 2. The molecule has 1 saturated heterocycles. The predicted octanol–water partition coefficient (Wildman–Crippen LogP) is 4.20. The molecule has 0 N–H and O–H groups in total. The first-order valence-corrected chi connectivity index (χ1v) is 8.73. The molecular weight excluding hydrogens is 298 g/mol. The quantitative estimate of drug-likeness (QED) is 0.797. The molecule has 1 aliphatic rings. The van der Waals surface area contributed by atoms with Gasteiger partial charge in [0.1, 0.15) is 0 Å². The summed E-state index contributed by atoms with van der Waals surface area (Å²) in [5.41, 5.74) is 2.34. The molecule has 3 heteroatoms. The lowest BCUT2D eigenvalue weighted by atomic mass is 9.95. The third kappa shape index (κ3) is 4.04. The van der Waals surface area contributed by atoms with E-state index in [2.05, 4.69) is 19.1 Å². The molecular formula is C21H25NO2. The van der Waals surface area contributed by atoms with Gasteiger partial charge in [-0.2, -0.15) is 0 Å². The zero-order chi connectivity index (χ0) is 16.8. The van der Waals surface area contributed by atoms with Crippen molar-refractivity contribution < 1.29 is 9.53 Å². The molecule has 2 aromatic rings. The molecule has 1 fully saturated rings. The number of hydrogen-bond acceptors (Lipinski definition) is 2. The molecule has 126 valence electrons. The zero-order valence-corrected chi connectivity index (χ0v) is 14.2. The first-order valence-electron chi connectivity index (χ1n) is 8.73. The average Bonchev–Trinajstić information content (AvgIpc) is 2.64. The van der Waals surface area contributed by atoms with Gasteiger partial charge in [-0.3, -0.25) is 4.79 Å². The smallest absolute Gasteiger partial charge is 0.228 e. The summed E-state index contributed by atoms with van der Waals surface area (Å²) in [6, 6.07) is 20.5. The molecule has 1 aliphatic heterocycles. The van der Waals surface area contributed by atoms with Crippen LogP contribution in [0.4, 0.5) is 0 Å². The number of rotatable bonds is 6. The van der Waals surface area contributed by atoms with Gasteiger partial charge < -0.3 is 9.64 Å². The Balaban J connectivity index is 1.56. The minimum absolute atomic E-state index is 0.0198. The molecule has 3 rings (SSSR count). The second-order valence-corrected chi connectivity index (χ2v) is 6.46. The zero-order valence-electron chi connectivity index (χ0n) is 14.2. The van der Waals surface area contributed by atoms with E-state index in [-0.39, 0.29) is 17.9 Å². The number of piperidine rings is 1. The van der Waals surface area contributed by atoms with Gasteiger partial charge in [-0.15, -0.1) is 0 Å². The molecule has 0 aliphatic carbocycles. The van der Waals surface area contributed by atoms with E-state index in [1.165, 1.54) is 5.56 Å². The lowest BCUT2D eigenvalue weighted by molar-refractivity contribution is -0.143. The monoisotopic (exact) mass is 323 g/mol. The van der Waals surface area contributed by atoms with Crippen LogP contribution in [-0.4, -0.2) is 24.0 Å². The van der Waals surface area contributed by atoms with E-state index in [0.717, 1.165) is 24.9 Å². The van der Waals surface area contributed by atoms with Crippen LogP contribution in [0.5, 0.6) is 0 Å². The summed E-state index contributed by atoms with van der Waals surface area (Å²) < 4.78 is 5.82. The second-order valence-electron chi connectivity index (χ2n) is 6.46. The Hall–Kier alpha value is -2.13. The van der Waals surface area contributed by atoms with Crippen molar-refractivity contribution in [3.05, 3.63) is 71.8 Å². The Morgan fingerprint density at radius 1 is 1.08 bits per heavy atom. The summed E-state index contributed by atoms with van der Waals surface area (Å²) in [7, 11) is 0. The van der Waals surface area contributed by atoms with Crippen LogP contribution in [0.15, 0.2) is 60.7 Å². The second kappa shape index (κ2) is 8.11. The van der Waals surface area contributed by atoms with Crippen LogP contribution >= 0.6 is 0 Å². The summed E-state index contributed by atoms with van der Waals surface area (Å²) in [5.74, 6) is 0.208. The average molecular weight is 323 g/mol. The fourth-order valence-corrected chi connectivity index (χ4v) is 3.32. The normalized spacial score (nSPS) is 19.3. The maximum atomic E-state index is 12.8. The van der Waals surface area contributed by atoms with Crippen molar-refractivity contribution in [3.8, 4) is 0 Å². The molecule has 1 heterocycles. The molecule has 0 unspecified atom stereocenters. The van der Waals surface area contributed by atoms with Crippen LogP contribution in [-0.2, 0) is 16.1 Å². The molecule has 0 aromatic heterocycles. The minimum atomic E-state index is -0.0198. The third-order valence-electron chi connectivity index (χ3n) is 4.76. The van der Waals surface area contributed by atoms with Gasteiger partial charge in [0.05, 0.1) is 25.2 Å². The molecule has 0 saturated carbocycles. The van der Waals surface area contributed by atoms with Crippen LogP contribution in [0, 0.1) is 5.92 Å². The predicted molar refractivity (Wildman–Crippen MR) is 95.4 cm³/mol. The summed E-state index contributed by atoms with van der Waals surface area (Å²) in [4.78, 5) is 14.8. The fraction of sp³-hybridized carbons (Fsp3) is 0.381. The first-order chi connectivity index (χ1) is 11.8. The number of nitrogens with zero attached hydrogens (tertiary/aromatic N) is 1. The number of amides is 1. The highest BCUT2D eigenvalue weighted by molar-refractivity contribution is 5.80. The standard InChI is InChI=1S/C21H25NO2/c1-17(19-11-6-3-7-12-19)22-14-8-13-20(21(22)23)16-24-15-18-9-4-2-5-10-18/h2-7,9-12,17,20H,8,13-16H2,1H3/t17-,20+/m1/s1. The van der Waals surface area contributed by atoms with Gasteiger partial charge in [0, 0.05) is 6.54 Å². The highest BCUT2D eigenvalue weighted by atomic mass is 16.5. The maximum absolute atomic E-state index is 12.8. The number of hydrogen-bond donors (Lipinski definition) is 0. The van der Waals surface area contributed by atoms with Gasteiger partial charge in [0.25, 0.3) is 0 Å². The van der Waals surface area contributed by atoms with Gasteiger partial charge in [0.2, 0.25) is 5.91 Å². The Morgan fingerprint density at radius 3 is 2.46 bits per heavy atom. The topological polar surface area (TPSA) is 29.5 Å². The van der Waals surface area contributed by atoms with E-state index >= 15 is 0 Å².